The average Bonchev–Trinajstić information content (AvgIpc) is 2.85. The highest BCUT2D eigenvalue weighted by molar-refractivity contribution is 5.78. The molecule has 0 aromatic carbocycles. The van der Waals surface area contributed by atoms with Crippen molar-refractivity contribution in [3.05, 3.63) is 0 Å². The maximum atomic E-state index is 12.1. The van der Waals surface area contributed by atoms with Crippen LogP contribution in [0.3, 0.4) is 0 Å². The van der Waals surface area contributed by atoms with Crippen LogP contribution < -0.4 is 10.6 Å². The zero-order valence-electron chi connectivity index (χ0n) is 13.0. The molecule has 2 rings (SSSR count). The first kappa shape index (κ1) is 15.8. The fourth-order valence-corrected chi connectivity index (χ4v) is 3.49. The zero-order chi connectivity index (χ0) is 14.2. The van der Waals surface area contributed by atoms with Crippen LogP contribution in [-0.4, -0.2) is 50.1 Å². The average molecular weight is 281 g/mol. The largest absolute Gasteiger partial charge is 0.356 e. The van der Waals surface area contributed by atoms with Crippen molar-refractivity contribution in [2.45, 2.75) is 57.4 Å². The Morgan fingerprint density at radius 3 is 2.75 bits per heavy atom. The number of carbonyl (C=O) groups excluding carboxylic acids is 1. The molecule has 0 aromatic rings. The van der Waals surface area contributed by atoms with Crippen LogP contribution in [-0.2, 0) is 4.79 Å². The van der Waals surface area contributed by atoms with Crippen LogP contribution in [0.4, 0.5) is 0 Å². The predicted octanol–water partition coefficient (Wildman–Crippen LogP) is 1.76. The van der Waals surface area contributed by atoms with E-state index >= 15 is 0 Å². The Kier molecular flexibility index (Phi) is 6.80. The Hall–Kier alpha value is -0.610. The van der Waals surface area contributed by atoms with Crippen LogP contribution in [0.25, 0.3) is 0 Å². The van der Waals surface area contributed by atoms with E-state index in [9.17, 15) is 4.79 Å². The van der Waals surface area contributed by atoms with Gasteiger partial charge in [-0.1, -0.05) is 12.8 Å². The van der Waals surface area contributed by atoms with E-state index in [1.807, 2.05) is 0 Å². The molecule has 0 aromatic heterocycles. The first-order chi connectivity index (χ1) is 9.77. The monoisotopic (exact) mass is 281 g/mol. The molecular formula is C16H31N3O. The van der Waals surface area contributed by atoms with Crippen molar-refractivity contribution in [1.29, 1.82) is 0 Å². The highest BCUT2D eigenvalue weighted by atomic mass is 16.1. The van der Waals surface area contributed by atoms with Gasteiger partial charge in [0.25, 0.3) is 0 Å². The lowest BCUT2D eigenvalue weighted by atomic mass is 10.00. The van der Waals surface area contributed by atoms with Gasteiger partial charge in [-0.3, -0.25) is 4.79 Å². The molecular weight excluding hydrogens is 250 g/mol. The van der Waals surface area contributed by atoms with E-state index in [1.165, 1.54) is 25.7 Å². The van der Waals surface area contributed by atoms with Gasteiger partial charge in [0.1, 0.15) is 0 Å². The number of hydrogen-bond acceptors (Lipinski definition) is 3. The van der Waals surface area contributed by atoms with Crippen molar-refractivity contribution in [2.24, 2.45) is 5.92 Å². The molecule has 1 atom stereocenters. The number of nitrogens with zero attached hydrogens (tertiary/aromatic N) is 1. The molecule has 2 aliphatic rings. The van der Waals surface area contributed by atoms with Gasteiger partial charge in [0.05, 0.1) is 0 Å². The van der Waals surface area contributed by atoms with E-state index in [0.29, 0.717) is 0 Å². The van der Waals surface area contributed by atoms with Crippen molar-refractivity contribution < 1.29 is 4.79 Å². The van der Waals surface area contributed by atoms with Gasteiger partial charge in [-0.2, -0.15) is 0 Å². The van der Waals surface area contributed by atoms with Crippen LogP contribution in [0.15, 0.2) is 0 Å². The van der Waals surface area contributed by atoms with Crippen molar-refractivity contribution >= 4 is 5.91 Å². The zero-order valence-corrected chi connectivity index (χ0v) is 13.0. The van der Waals surface area contributed by atoms with E-state index in [0.717, 1.165) is 57.9 Å². The molecule has 20 heavy (non-hydrogen) atoms. The molecule has 1 saturated carbocycles. The SMILES string of the molecule is CN(CCCNC(=O)[C@@H]1CCCNCC1)C1CCCC1. The Labute approximate surface area is 123 Å². The lowest BCUT2D eigenvalue weighted by Gasteiger charge is -2.24. The lowest BCUT2D eigenvalue weighted by molar-refractivity contribution is -0.125. The first-order valence-electron chi connectivity index (χ1n) is 8.46. The number of nitrogens with one attached hydrogen (secondary N) is 2. The van der Waals surface area contributed by atoms with Crippen LogP contribution in [0, 0.1) is 5.92 Å². The molecule has 2 fully saturated rings. The molecule has 4 nitrogen and oxygen atoms in total. The third-order valence-corrected chi connectivity index (χ3v) is 4.88. The van der Waals surface area contributed by atoms with Gasteiger partial charge in [0.15, 0.2) is 0 Å². The molecule has 0 bridgehead atoms. The Morgan fingerprint density at radius 2 is 1.95 bits per heavy atom. The summed E-state index contributed by atoms with van der Waals surface area (Å²) in [6.07, 6.45) is 9.74. The van der Waals surface area contributed by atoms with Crippen LogP contribution in [0.1, 0.15) is 51.4 Å². The smallest absolute Gasteiger partial charge is 0.223 e. The number of hydrogen-bond donors (Lipinski definition) is 2. The van der Waals surface area contributed by atoms with Gasteiger partial charge in [-0.15, -0.1) is 0 Å². The molecule has 0 spiro atoms. The number of carbonyl (C=O) groups is 1. The maximum Gasteiger partial charge on any atom is 0.223 e. The number of amides is 1. The predicted molar refractivity (Wildman–Crippen MR) is 82.7 cm³/mol. The third kappa shape index (κ3) is 5.06. The summed E-state index contributed by atoms with van der Waals surface area (Å²) >= 11 is 0. The van der Waals surface area contributed by atoms with E-state index in [1.54, 1.807) is 0 Å². The standard InChI is InChI=1S/C16H31N3O/c1-19(15-7-2-3-8-15)13-5-11-18-16(20)14-6-4-10-17-12-9-14/h14-15,17H,2-13H2,1H3,(H,18,20)/t14-/m1/s1. The maximum absolute atomic E-state index is 12.1. The molecule has 1 aliphatic carbocycles. The molecule has 1 amide bonds. The fourth-order valence-electron chi connectivity index (χ4n) is 3.49. The minimum atomic E-state index is 0.234. The van der Waals surface area contributed by atoms with Crippen LogP contribution in [0.5, 0.6) is 0 Å². The molecule has 1 heterocycles. The summed E-state index contributed by atoms with van der Waals surface area (Å²) in [5.41, 5.74) is 0. The van der Waals surface area contributed by atoms with Gasteiger partial charge in [0.2, 0.25) is 5.91 Å². The van der Waals surface area contributed by atoms with Gasteiger partial charge < -0.3 is 15.5 Å². The number of rotatable bonds is 6. The lowest BCUT2D eigenvalue weighted by Crippen LogP contribution is -2.35. The van der Waals surface area contributed by atoms with Crippen molar-refractivity contribution in [3.63, 3.8) is 0 Å². The Morgan fingerprint density at radius 1 is 1.15 bits per heavy atom. The molecule has 116 valence electrons. The molecule has 1 saturated heterocycles. The van der Waals surface area contributed by atoms with Gasteiger partial charge in [0, 0.05) is 18.5 Å². The Balaban J connectivity index is 1.56. The highest BCUT2D eigenvalue weighted by Crippen LogP contribution is 2.22. The van der Waals surface area contributed by atoms with Crippen molar-refractivity contribution in [1.82, 2.24) is 15.5 Å². The topological polar surface area (TPSA) is 44.4 Å². The summed E-state index contributed by atoms with van der Waals surface area (Å²) in [5, 5.41) is 6.49. The van der Waals surface area contributed by atoms with Crippen molar-refractivity contribution in [2.75, 3.05) is 33.2 Å². The quantitative estimate of drug-likeness (QED) is 0.729. The second-order valence-electron chi connectivity index (χ2n) is 6.44. The summed E-state index contributed by atoms with van der Waals surface area (Å²) in [6.45, 7) is 4.00. The van der Waals surface area contributed by atoms with Crippen molar-refractivity contribution in [3.8, 4) is 0 Å². The van der Waals surface area contributed by atoms with E-state index in [2.05, 4.69) is 22.6 Å². The minimum absolute atomic E-state index is 0.234. The van der Waals surface area contributed by atoms with Crippen LogP contribution in [0.2, 0.25) is 0 Å². The third-order valence-electron chi connectivity index (χ3n) is 4.88. The molecule has 0 unspecified atom stereocenters. The molecule has 1 aliphatic heterocycles. The normalized spacial score (nSPS) is 24.8. The minimum Gasteiger partial charge on any atom is -0.356 e. The summed E-state index contributed by atoms with van der Waals surface area (Å²) in [6, 6.07) is 0.790. The van der Waals surface area contributed by atoms with Gasteiger partial charge in [-0.05, 0) is 65.2 Å². The summed E-state index contributed by atoms with van der Waals surface area (Å²) < 4.78 is 0. The molecule has 2 N–H and O–H groups in total. The second kappa shape index (κ2) is 8.63. The molecule has 0 radical (unpaired) electrons. The fraction of sp³-hybridized carbons (Fsp3) is 0.938. The van der Waals surface area contributed by atoms with Gasteiger partial charge >= 0.3 is 0 Å². The van der Waals surface area contributed by atoms with E-state index in [4.69, 9.17) is 0 Å². The van der Waals surface area contributed by atoms with E-state index in [-0.39, 0.29) is 11.8 Å². The second-order valence-corrected chi connectivity index (χ2v) is 6.44. The first-order valence-corrected chi connectivity index (χ1v) is 8.46. The van der Waals surface area contributed by atoms with Crippen LogP contribution >= 0.6 is 0 Å². The summed E-state index contributed by atoms with van der Waals surface area (Å²) in [4.78, 5) is 14.6. The summed E-state index contributed by atoms with van der Waals surface area (Å²) in [7, 11) is 2.23. The Bertz CT molecular complexity index is 281. The highest BCUT2D eigenvalue weighted by Gasteiger charge is 2.20. The van der Waals surface area contributed by atoms with E-state index < -0.39 is 0 Å². The summed E-state index contributed by atoms with van der Waals surface area (Å²) in [5.74, 6) is 0.509. The van der Waals surface area contributed by atoms with Gasteiger partial charge in [-0.25, -0.2) is 0 Å². The molecule has 4 heteroatoms.